The second-order valence-electron chi connectivity index (χ2n) is 6.97. The second kappa shape index (κ2) is 9.39. The van der Waals surface area contributed by atoms with Crippen LogP contribution in [0.15, 0.2) is 42.5 Å². The molecule has 0 radical (unpaired) electrons. The van der Waals surface area contributed by atoms with Crippen LogP contribution in [0.1, 0.15) is 17.2 Å². The Bertz CT molecular complexity index is 844. The van der Waals surface area contributed by atoms with Crippen molar-refractivity contribution in [3.8, 4) is 11.5 Å². The van der Waals surface area contributed by atoms with E-state index in [9.17, 15) is 4.39 Å². The molecule has 0 bridgehead atoms. The SMILES string of the molecule is Fc1ccc([C@@H](CNC(=S)NCc2ccc3c(c2)OCO3)N2CCOCC2)cc1. The maximum absolute atomic E-state index is 13.4. The molecule has 2 aliphatic heterocycles. The average Bonchev–Trinajstić information content (AvgIpc) is 3.22. The van der Waals surface area contributed by atoms with Crippen molar-refractivity contribution in [1.29, 1.82) is 0 Å². The average molecular weight is 418 g/mol. The number of nitrogens with one attached hydrogen (secondary N) is 2. The first kappa shape index (κ1) is 19.9. The van der Waals surface area contributed by atoms with Crippen molar-refractivity contribution < 1.29 is 18.6 Å². The van der Waals surface area contributed by atoms with Crippen LogP contribution in [-0.2, 0) is 11.3 Å². The first-order valence-electron chi connectivity index (χ1n) is 9.66. The summed E-state index contributed by atoms with van der Waals surface area (Å²) in [7, 11) is 0. The van der Waals surface area contributed by atoms with Crippen LogP contribution in [0.2, 0.25) is 0 Å². The number of morpholine rings is 1. The summed E-state index contributed by atoms with van der Waals surface area (Å²) in [4.78, 5) is 2.34. The van der Waals surface area contributed by atoms with Gasteiger partial charge in [0.15, 0.2) is 16.6 Å². The van der Waals surface area contributed by atoms with Gasteiger partial charge in [-0.3, -0.25) is 4.90 Å². The van der Waals surface area contributed by atoms with Crippen LogP contribution in [-0.4, -0.2) is 49.7 Å². The molecule has 0 aliphatic carbocycles. The minimum absolute atomic E-state index is 0.0878. The van der Waals surface area contributed by atoms with Crippen LogP contribution in [0.4, 0.5) is 4.39 Å². The van der Waals surface area contributed by atoms with E-state index < -0.39 is 0 Å². The molecule has 4 rings (SSSR count). The van der Waals surface area contributed by atoms with Gasteiger partial charge in [-0.05, 0) is 47.6 Å². The summed E-state index contributed by atoms with van der Waals surface area (Å²) in [5, 5.41) is 7.11. The number of nitrogens with zero attached hydrogens (tertiary/aromatic N) is 1. The van der Waals surface area contributed by atoms with E-state index in [1.165, 1.54) is 12.1 Å². The number of thiocarbonyl (C=S) groups is 1. The summed E-state index contributed by atoms with van der Waals surface area (Å²) >= 11 is 5.46. The van der Waals surface area contributed by atoms with E-state index in [0.717, 1.165) is 35.7 Å². The van der Waals surface area contributed by atoms with E-state index in [-0.39, 0.29) is 18.7 Å². The molecular formula is C21H24FN3O3S. The van der Waals surface area contributed by atoms with Crippen molar-refractivity contribution in [3.05, 3.63) is 59.4 Å². The third-order valence-corrected chi connectivity index (χ3v) is 5.38. The molecule has 2 aromatic rings. The minimum atomic E-state index is -0.233. The van der Waals surface area contributed by atoms with Crippen LogP contribution >= 0.6 is 12.2 Å². The van der Waals surface area contributed by atoms with Crippen LogP contribution in [0, 0.1) is 5.82 Å². The molecule has 0 amide bonds. The van der Waals surface area contributed by atoms with E-state index in [1.54, 1.807) is 0 Å². The highest BCUT2D eigenvalue weighted by atomic mass is 32.1. The molecule has 29 heavy (non-hydrogen) atoms. The van der Waals surface area contributed by atoms with Crippen molar-refractivity contribution >= 4 is 17.3 Å². The highest BCUT2D eigenvalue weighted by Gasteiger charge is 2.23. The summed E-state index contributed by atoms with van der Waals surface area (Å²) < 4.78 is 29.6. The molecule has 0 spiro atoms. The molecule has 2 aromatic carbocycles. The van der Waals surface area contributed by atoms with Crippen molar-refractivity contribution in [1.82, 2.24) is 15.5 Å². The Morgan fingerprint density at radius 1 is 1.03 bits per heavy atom. The maximum atomic E-state index is 13.4. The lowest BCUT2D eigenvalue weighted by Crippen LogP contribution is -2.45. The van der Waals surface area contributed by atoms with Crippen molar-refractivity contribution in [3.63, 3.8) is 0 Å². The number of ether oxygens (including phenoxy) is 3. The smallest absolute Gasteiger partial charge is 0.231 e. The van der Waals surface area contributed by atoms with E-state index in [1.807, 2.05) is 30.3 Å². The third-order valence-electron chi connectivity index (χ3n) is 5.09. The highest BCUT2D eigenvalue weighted by Crippen LogP contribution is 2.32. The molecular weight excluding hydrogens is 393 g/mol. The normalized spacial score (nSPS) is 17.0. The van der Waals surface area contributed by atoms with Gasteiger partial charge in [0.2, 0.25) is 6.79 Å². The van der Waals surface area contributed by atoms with Gasteiger partial charge < -0.3 is 24.8 Å². The van der Waals surface area contributed by atoms with Crippen LogP contribution in [0.25, 0.3) is 0 Å². The Labute approximate surface area is 174 Å². The summed E-state index contributed by atoms with van der Waals surface area (Å²) in [5.74, 6) is 1.29. The van der Waals surface area contributed by atoms with Crippen molar-refractivity contribution in [2.45, 2.75) is 12.6 Å². The lowest BCUT2D eigenvalue weighted by molar-refractivity contribution is 0.0170. The van der Waals surface area contributed by atoms with E-state index in [2.05, 4.69) is 15.5 Å². The number of hydrogen-bond acceptors (Lipinski definition) is 5. The van der Waals surface area contributed by atoms with Crippen molar-refractivity contribution in [2.24, 2.45) is 0 Å². The predicted molar refractivity (Wildman–Crippen MR) is 112 cm³/mol. The topological polar surface area (TPSA) is 55.0 Å². The number of rotatable bonds is 6. The third kappa shape index (κ3) is 5.14. The minimum Gasteiger partial charge on any atom is -0.454 e. The largest absolute Gasteiger partial charge is 0.454 e. The van der Waals surface area contributed by atoms with E-state index in [0.29, 0.717) is 31.4 Å². The summed E-state index contributed by atoms with van der Waals surface area (Å²) in [5.41, 5.74) is 2.11. The number of fused-ring (bicyclic) bond motifs is 1. The summed E-state index contributed by atoms with van der Waals surface area (Å²) in [6, 6.07) is 12.6. The first-order valence-corrected chi connectivity index (χ1v) is 10.1. The summed E-state index contributed by atoms with van der Waals surface area (Å²) in [6.07, 6.45) is 0. The lowest BCUT2D eigenvalue weighted by Gasteiger charge is -2.35. The second-order valence-corrected chi connectivity index (χ2v) is 7.38. The predicted octanol–water partition coefficient (Wildman–Crippen LogP) is 2.59. The molecule has 1 fully saturated rings. The Kier molecular flexibility index (Phi) is 6.43. The summed E-state index contributed by atoms with van der Waals surface area (Å²) in [6.45, 7) is 4.54. The lowest BCUT2D eigenvalue weighted by atomic mass is 10.0. The highest BCUT2D eigenvalue weighted by molar-refractivity contribution is 7.80. The molecule has 2 aliphatic rings. The molecule has 8 heteroatoms. The molecule has 0 aromatic heterocycles. The van der Waals surface area contributed by atoms with E-state index in [4.69, 9.17) is 26.4 Å². The van der Waals surface area contributed by atoms with Gasteiger partial charge in [0.1, 0.15) is 5.82 Å². The molecule has 2 N–H and O–H groups in total. The Hall–Kier alpha value is -2.42. The molecule has 0 unspecified atom stereocenters. The zero-order chi connectivity index (χ0) is 20.1. The van der Waals surface area contributed by atoms with Crippen LogP contribution in [0.5, 0.6) is 11.5 Å². The Morgan fingerprint density at radius 3 is 2.59 bits per heavy atom. The van der Waals surface area contributed by atoms with Gasteiger partial charge in [0.05, 0.1) is 19.3 Å². The molecule has 6 nitrogen and oxygen atoms in total. The fourth-order valence-corrected chi connectivity index (χ4v) is 3.67. The number of benzene rings is 2. The van der Waals surface area contributed by atoms with Gasteiger partial charge in [-0.2, -0.15) is 0 Å². The Morgan fingerprint density at radius 2 is 1.79 bits per heavy atom. The molecule has 154 valence electrons. The monoisotopic (exact) mass is 417 g/mol. The van der Waals surface area contributed by atoms with Crippen LogP contribution in [0.3, 0.4) is 0 Å². The molecule has 1 saturated heterocycles. The van der Waals surface area contributed by atoms with Gasteiger partial charge in [0, 0.05) is 26.2 Å². The van der Waals surface area contributed by atoms with Gasteiger partial charge in [-0.25, -0.2) is 4.39 Å². The van der Waals surface area contributed by atoms with Gasteiger partial charge >= 0.3 is 0 Å². The van der Waals surface area contributed by atoms with Gasteiger partial charge in [-0.15, -0.1) is 0 Å². The fourth-order valence-electron chi connectivity index (χ4n) is 3.52. The number of halogens is 1. The molecule has 1 atom stereocenters. The van der Waals surface area contributed by atoms with E-state index >= 15 is 0 Å². The zero-order valence-electron chi connectivity index (χ0n) is 16.0. The zero-order valence-corrected chi connectivity index (χ0v) is 16.8. The van der Waals surface area contributed by atoms with Crippen molar-refractivity contribution in [2.75, 3.05) is 39.6 Å². The quantitative estimate of drug-likeness (QED) is 0.701. The fraction of sp³-hybridized carbons (Fsp3) is 0.381. The van der Waals surface area contributed by atoms with Gasteiger partial charge in [-0.1, -0.05) is 18.2 Å². The van der Waals surface area contributed by atoms with Crippen LogP contribution < -0.4 is 20.1 Å². The number of hydrogen-bond donors (Lipinski definition) is 2. The standard InChI is InChI=1S/C21H24FN3O3S/c22-17-4-2-16(3-5-17)18(25-7-9-26-10-8-25)13-24-21(29)23-12-15-1-6-19-20(11-15)28-14-27-19/h1-6,11,18H,7-10,12-14H2,(H2,23,24,29)/t18-/m1/s1. The van der Waals surface area contributed by atoms with Gasteiger partial charge in [0.25, 0.3) is 0 Å². The molecule has 2 heterocycles. The maximum Gasteiger partial charge on any atom is 0.231 e. The molecule has 0 saturated carbocycles. The first-order chi connectivity index (χ1) is 14.2. The Balaban J connectivity index is 1.33.